The number of rotatable bonds is 2. The van der Waals surface area contributed by atoms with Crippen LogP contribution >= 0.6 is 0 Å². The van der Waals surface area contributed by atoms with E-state index in [0.29, 0.717) is 6.61 Å². The van der Waals surface area contributed by atoms with Crippen molar-refractivity contribution in [2.75, 3.05) is 6.61 Å². The number of hydrogen-bond acceptors (Lipinski definition) is 3. The lowest BCUT2D eigenvalue weighted by atomic mass is 9.86. The molecule has 3 atom stereocenters. The van der Waals surface area contributed by atoms with Gasteiger partial charge in [-0.25, -0.2) is 4.79 Å². The van der Waals surface area contributed by atoms with Gasteiger partial charge < -0.3 is 9.47 Å². The third-order valence-corrected chi connectivity index (χ3v) is 2.59. The van der Waals surface area contributed by atoms with E-state index in [1.165, 1.54) is 0 Å². The Bertz CT molecular complexity index is 234. The van der Waals surface area contributed by atoms with Crippen molar-refractivity contribution in [3.63, 3.8) is 0 Å². The van der Waals surface area contributed by atoms with Crippen LogP contribution in [0.25, 0.3) is 0 Å². The van der Waals surface area contributed by atoms with Crippen LogP contribution in [-0.4, -0.2) is 24.8 Å². The fourth-order valence-electron chi connectivity index (χ4n) is 1.93. The quantitative estimate of drug-likeness (QED) is 0.476. The average molecular weight is 182 g/mol. The highest BCUT2D eigenvalue weighted by atomic mass is 16.6. The molecule has 3 rings (SSSR count). The van der Waals surface area contributed by atoms with Gasteiger partial charge in [0.25, 0.3) is 0 Å². The number of carbonyl (C=O) groups excluding carboxylic acids is 1. The van der Waals surface area contributed by atoms with Gasteiger partial charge >= 0.3 is 5.97 Å². The zero-order valence-electron chi connectivity index (χ0n) is 7.73. The minimum atomic E-state index is -0.344. The summed E-state index contributed by atoms with van der Waals surface area (Å²) in [6.45, 7) is 2.24. The van der Waals surface area contributed by atoms with E-state index in [1.807, 2.05) is 13.0 Å². The molecule has 0 radical (unpaired) electrons. The Kier molecular flexibility index (Phi) is 2.36. The predicted molar refractivity (Wildman–Crippen MR) is 47.2 cm³/mol. The van der Waals surface area contributed by atoms with Gasteiger partial charge in [0.05, 0.1) is 12.7 Å². The summed E-state index contributed by atoms with van der Waals surface area (Å²) in [4.78, 5) is 11.4. The van der Waals surface area contributed by atoms with E-state index < -0.39 is 0 Å². The molecule has 2 aliphatic heterocycles. The molecule has 1 aliphatic carbocycles. The smallest absolute Gasteiger partial charge is 0.335 e. The standard InChI is InChI=1S/C10H14O3/c1-2-12-10(11)9-7-3-5-8(13-9)6-4-7/h3,5,7-9H,2,4,6H2,1H3/t7-,8+,9-/m0/s1. The van der Waals surface area contributed by atoms with Crippen LogP contribution in [0.5, 0.6) is 0 Å². The van der Waals surface area contributed by atoms with Crippen LogP contribution in [0, 0.1) is 5.92 Å². The Morgan fingerprint density at radius 3 is 2.85 bits per heavy atom. The first-order valence-electron chi connectivity index (χ1n) is 4.81. The SMILES string of the molecule is CCOC(=O)[C@H]1O[C@@H]2C=C[C@H]1CC2. The number of carbonyl (C=O) groups is 1. The van der Waals surface area contributed by atoms with Crippen molar-refractivity contribution in [2.24, 2.45) is 5.92 Å². The van der Waals surface area contributed by atoms with Gasteiger partial charge in [0.15, 0.2) is 6.10 Å². The first kappa shape index (κ1) is 8.75. The van der Waals surface area contributed by atoms with E-state index in [2.05, 4.69) is 6.08 Å². The van der Waals surface area contributed by atoms with Crippen molar-refractivity contribution in [1.29, 1.82) is 0 Å². The first-order chi connectivity index (χ1) is 6.31. The summed E-state index contributed by atoms with van der Waals surface area (Å²) in [6.07, 6.45) is 6.01. The highest BCUT2D eigenvalue weighted by Gasteiger charge is 2.38. The minimum absolute atomic E-state index is 0.138. The molecule has 0 saturated carbocycles. The second kappa shape index (κ2) is 3.50. The Morgan fingerprint density at radius 1 is 1.54 bits per heavy atom. The fourth-order valence-corrected chi connectivity index (χ4v) is 1.93. The second-order valence-corrected chi connectivity index (χ2v) is 3.47. The summed E-state index contributed by atoms with van der Waals surface area (Å²) in [6, 6.07) is 0. The zero-order chi connectivity index (χ0) is 9.26. The molecule has 0 amide bonds. The van der Waals surface area contributed by atoms with E-state index in [0.717, 1.165) is 12.8 Å². The van der Waals surface area contributed by atoms with Gasteiger partial charge in [-0.2, -0.15) is 0 Å². The topological polar surface area (TPSA) is 35.5 Å². The van der Waals surface area contributed by atoms with Crippen molar-refractivity contribution in [3.8, 4) is 0 Å². The maximum Gasteiger partial charge on any atom is 0.335 e. The van der Waals surface area contributed by atoms with Gasteiger partial charge in [0.2, 0.25) is 0 Å². The molecular formula is C10H14O3. The summed E-state index contributed by atoms with van der Waals surface area (Å²) in [7, 11) is 0. The van der Waals surface area contributed by atoms with Gasteiger partial charge in [0, 0.05) is 5.92 Å². The lowest BCUT2D eigenvalue weighted by molar-refractivity contribution is -0.168. The molecule has 3 nitrogen and oxygen atoms in total. The highest BCUT2D eigenvalue weighted by Crippen LogP contribution is 2.32. The third-order valence-electron chi connectivity index (χ3n) is 2.59. The van der Waals surface area contributed by atoms with E-state index in [-0.39, 0.29) is 24.1 Å². The Labute approximate surface area is 77.7 Å². The van der Waals surface area contributed by atoms with E-state index in [9.17, 15) is 4.79 Å². The molecule has 3 heteroatoms. The second-order valence-electron chi connectivity index (χ2n) is 3.47. The molecule has 1 saturated heterocycles. The van der Waals surface area contributed by atoms with Gasteiger partial charge in [-0.3, -0.25) is 0 Å². The van der Waals surface area contributed by atoms with Crippen LogP contribution in [0.3, 0.4) is 0 Å². The maximum atomic E-state index is 11.4. The molecule has 0 aromatic rings. The third kappa shape index (κ3) is 1.61. The molecule has 0 aromatic carbocycles. The van der Waals surface area contributed by atoms with Crippen LogP contribution in [-0.2, 0) is 14.3 Å². The zero-order valence-corrected chi connectivity index (χ0v) is 7.73. The summed E-state index contributed by atoms with van der Waals surface area (Å²) in [5, 5.41) is 0. The molecule has 0 aromatic heterocycles. The van der Waals surface area contributed by atoms with Crippen LogP contribution < -0.4 is 0 Å². The van der Waals surface area contributed by atoms with Gasteiger partial charge in [-0.05, 0) is 19.8 Å². The largest absolute Gasteiger partial charge is 0.464 e. The van der Waals surface area contributed by atoms with Crippen LogP contribution in [0.1, 0.15) is 19.8 Å². The number of ether oxygens (including phenoxy) is 2. The predicted octanol–water partition coefficient (Wildman–Crippen LogP) is 1.28. The molecule has 2 bridgehead atoms. The van der Waals surface area contributed by atoms with Gasteiger partial charge in [-0.1, -0.05) is 12.2 Å². The average Bonchev–Trinajstić information content (AvgIpc) is 2.20. The minimum Gasteiger partial charge on any atom is -0.464 e. The van der Waals surface area contributed by atoms with E-state index in [4.69, 9.17) is 9.47 Å². The molecule has 1 fully saturated rings. The van der Waals surface area contributed by atoms with Gasteiger partial charge in [0.1, 0.15) is 0 Å². The molecule has 0 unspecified atom stereocenters. The summed E-state index contributed by atoms with van der Waals surface area (Å²) in [5.74, 6) is 0.0330. The van der Waals surface area contributed by atoms with Crippen LogP contribution in [0.4, 0.5) is 0 Å². The molecule has 3 aliphatic rings. The van der Waals surface area contributed by atoms with Crippen molar-refractivity contribution >= 4 is 5.97 Å². The molecular weight excluding hydrogens is 168 g/mol. The summed E-state index contributed by atoms with van der Waals surface area (Å²) < 4.78 is 10.5. The van der Waals surface area contributed by atoms with E-state index in [1.54, 1.807) is 0 Å². The van der Waals surface area contributed by atoms with Crippen molar-refractivity contribution < 1.29 is 14.3 Å². The van der Waals surface area contributed by atoms with Crippen LogP contribution in [0.2, 0.25) is 0 Å². The molecule has 0 N–H and O–H groups in total. The van der Waals surface area contributed by atoms with E-state index >= 15 is 0 Å². The molecule has 72 valence electrons. The molecule has 0 spiro atoms. The number of esters is 1. The summed E-state index contributed by atoms with van der Waals surface area (Å²) in [5.41, 5.74) is 0. The Morgan fingerprint density at radius 2 is 2.38 bits per heavy atom. The molecule has 13 heavy (non-hydrogen) atoms. The lowest BCUT2D eigenvalue weighted by Gasteiger charge is -2.36. The first-order valence-corrected chi connectivity index (χ1v) is 4.81. The number of fused-ring (bicyclic) bond motifs is 2. The van der Waals surface area contributed by atoms with Crippen LogP contribution in [0.15, 0.2) is 12.2 Å². The van der Waals surface area contributed by atoms with Crippen molar-refractivity contribution in [3.05, 3.63) is 12.2 Å². The lowest BCUT2D eigenvalue weighted by Crippen LogP contribution is -2.43. The normalized spacial score (nSPS) is 36.2. The number of hydrogen-bond donors (Lipinski definition) is 0. The maximum absolute atomic E-state index is 11.4. The van der Waals surface area contributed by atoms with Crippen molar-refractivity contribution in [2.45, 2.75) is 32.0 Å². The molecule has 2 heterocycles. The highest BCUT2D eigenvalue weighted by molar-refractivity contribution is 5.75. The Hall–Kier alpha value is -0.830. The van der Waals surface area contributed by atoms with Gasteiger partial charge in [-0.15, -0.1) is 0 Å². The Balaban J connectivity index is 2.02. The summed E-state index contributed by atoms with van der Waals surface area (Å²) >= 11 is 0. The van der Waals surface area contributed by atoms with Crippen molar-refractivity contribution in [1.82, 2.24) is 0 Å². The fraction of sp³-hybridized carbons (Fsp3) is 0.700. The monoisotopic (exact) mass is 182 g/mol.